The number of furan rings is 1. The molecule has 0 saturated carbocycles. The molecule has 0 aliphatic carbocycles. The lowest BCUT2D eigenvalue weighted by Crippen LogP contribution is -2.15. The molecule has 0 bridgehead atoms. The summed E-state index contributed by atoms with van der Waals surface area (Å²) in [4.78, 5) is 26.8. The van der Waals surface area contributed by atoms with Gasteiger partial charge in [-0.25, -0.2) is 9.78 Å². The fourth-order valence-electron chi connectivity index (χ4n) is 2.38. The number of oxazole rings is 1. The van der Waals surface area contributed by atoms with Crippen molar-refractivity contribution in [3.8, 4) is 10.6 Å². The number of hydrogen-bond acceptors (Lipinski definition) is 7. The van der Waals surface area contributed by atoms with Crippen LogP contribution < -0.4 is 5.76 Å². The molecule has 0 N–H and O–H groups in total. The first kappa shape index (κ1) is 14.4. The lowest BCUT2D eigenvalue weighted by Gasteiger charge is -1.98. The van der Waals surface area contributed by atoms with E-state index in [-0.39, 0.29) is 17.8 Å². The summed E-state index contributed by atoms with van der Waals surface area (Å²) in [5.74, 6) is -0.580. The fourth-order valence-corrected chi connectivity index (χ4v) is 3.18. The highest BCUT2D eigenvalue weighted by Crippen LogP contribution is 2.25. The van der Waals surface area contributed by atoms with Crippen LogP contribution >= 0.6 is 11.3 Å². The van der Waals surface area contributed by atoms with Crippen molar-refractivity contribution >= 4 is 28.1 Å². The zero-order valence-corrected chi connectivity index (χ0v) is 12.9. The van der Waals surface area contributed by atoms with Gasteiger partial charge in [0, 0.05) is 17.0 Å². The van der Waals surface area contributed by atoms with E-state index in [0.717, 1.165) is 10.6 Å². The molecule has 3 heterocycles. The summed E-state index contributed by atoms with van der Waals surface area (Å²) in [5, 5.41) is 13.4. The van der Waals surface area contributed by atoms with Gasteiger partial charge < -0.3 is 8.83 Å². The highest BCUT2D eigenvalue weighted by Gasteiger charge is 2.15. The van der Waals surface area contributed by atoms with Gasteiger partial charge in [-0.15, -0.1) is 11.3 Å². The molecular weight excluding hydrogens is 334 g/mol. The number of nitro groups is 1. The number of fused-ring (bicyclic) bond motifs is 1. The van der Waals surface area contributed by atoms with Gasteiger partial charge in [0.2, 0.25) is 0 Å². The summed E-state index contributed by atoms with van der Waals surface area (Å²) < 4.78 is 11.5. The molecular formula is C15H9N3O5S. The third-order valence-electron chi connectivity index (χ3n) is 3.50. The van der Waals surface area contributed by atoms with Crippen LogP contribution in [0.3, 0.4) is 0 Å². The minimum Gasteiger partial charge on any atom is -0.472 e. The first-order valence-corrected chi connectivity index (χ1v) is 7.74. The molecule has 0 fully saturated rings. The van der Waals surface area contributed by atoms with Crippen molar-refractivity contribution in [2.24, 2.45) is 0 Å². The number of benzene rings is 1. The Kier molecular flexibility index (Phi) is 3.28. The first-order valence-electron chi connectivity index (χ1n) is 6.86. The predicted molar refractivity (Wildman–Crippen MR) is 86.0 cm³/mol. The van der Waals surface area contributed by atoms with Crippen molar-refractivity contribution in [3.05, 3.63) is 68.5 Å². The third-order valence-corrected chi connectivity index (χ3v) is 4.44. The van der Waals surface area contributed by atoms with Crippen LogP contribution in [0, 0.1) is 10.1 Å². The van der Waals surface area contributed by atoms with Gasteiger partial charge in [0.25, 0.3) is 5.69 Å². The number of thiazole rings is 1. The molecule has 0 aliphatic rings. The van der Waals surface area contributed by atoms with Crippen LogP contribution in [0.25, 0.3) is 21.7 Å². The number of nitro benzene ring substituents is 1. The molecule has 0 amide bonds. The molecule has 4 aromatic rings. The lowest BCUT2D eigenvalue weighted by atomic mass is 10.3. The molecule has 0 radical (unpaired) electrons. The van der Waals surface area contributed by atoms with Crippen LogP contribution in [0.2, 0.25) is 0 Å². The van der Waals surface area contributed by atoms with Crippen molar-refractivity contribution in [2.75, 3.05) is 0 Å². The molecule has 0 spiro atoms. The second-order valence-electron chi connectivity index (χ2n) is 5.02. The Balaban J connectivity index is 1.71. The van der Waals surface area contributed by atoms with Gasteiger partial charge in [-0.3, -0.25) is 14.7 Å². The average Bonchev–Trinajstić information content (AvgIpc) is 3.28. The van der Waals surface area contributed by atoms with E-state index in [2.05, 4.69) is 4.98 Å². The predicted octanol–water partition coefficient (Wildman–Crippen LogP) is 3.27. The van der Waals surface area contributed by atoms with E-state index in [1.54, 1.807) is 18.6 Å². The monoisotopic (exact) mass is 343 g/mol. The van der Waals surface area contributed by atoms with Crippen LogP contribution in [0.4, 0.5) is 5.69 Å². The molecule has 120 valence electrons. The number of non-ortho nitro benzene ring substituents is 1. The molecule has 1 aromatic carbocycles. The standard InChI is InChI=1S/C15H9N3O5S/c19-15-17(12-2-1-11(18(20)21)5-13(12)23-15)6-10-8-24-14(16-10)9-3-4-22-7-9/h1-5,7-8H,6H2. The van der Waals surface area contributed by atoms with E-state index in [9.17, 15) is 14.9 Å². The van der Waals surface area contributed by atoms with E-state index in [1.807, 2.05) is 5.38 Å². The maximum absolute atomic E-state index is 12.0. The van der Waals surface area contributed by atoms with Crippen molar-refractivity contribution < 1.29 is 13.8 Å². The highest BCUT2D eigenvalue weighted by atomic mass is 32.1. The van der Waals surface area contributed by atoms with E-state index >= 15 is 0 Å². The van der Waals surface area contributed by atoms with Crippen LogP contribution in [0.1, 0.15) is 5.69 Å². The zero-order valence-electron chi connectivity index (χ0n) is 12.0. The van der Waals surface area contributed by atoms with Crippen molar-refractivity contribution in [3.63, 3.8) is 0 Å². The minimum atomic E-state index is -0.580. The molecule has 0 aliphatic heterocycles. The highest BCUT2D eigenvalue weighted by molar-refractivity contribution is 7.13. The van der Waals surface area contributed by atoms with E-state index in [0.29, 0.717) is 11.2 Å². The lowest BCUT2D eigenvalue weighted by molar-refractivity contribution is -0.384. The van der Waals surface area contributed by atoms with Gasteiger partial charge in [0.05, 0.1) is 35.0 Å². The minimum absolute atomic E-state index is 0.126. The molecule has 8 nitrogen and oxygen atoms in total. The van der Waals surface area contributed by atoms with E-state index < -0.39 is 10.7 Å². The Morgan fingerprint density at radius 3 is 2.96 bits per heavy atom. The summed E-state index contributed by atoms with van der Waals surface area (Å²) in [6.07, 6.45) is 3.17. The largest absolute Gasteiger partial charge is 0.472 e. The summed E-state index contributed by atoms with van der Waals surface area (Å²) >= 11 is 1.44. The van der Waals surface area contributed by atoms with E-state index in [4.69, 9.17) is 8.83 Å². The summed E-state index contributed by atoms with van der Waals surface area (Å²) in [6, 6.07) is 5.89. The average molecular weight is 343 g/mol. The fraction of sp³-hybridized carbons (Fsp3) is 0.0667. The maximum Gasteiger partial charge on any atom is 0.420 e. The molecule has 24 heavy (non-hydrogen) atoms. The Morgan fingerprint density at radius 1 is 1.33 bits per heavy atom. The quantitative estimate of drug-likeness (QED) is 0.416. The molecule has 0 unspecified atom stereocenters. The van der Waals surface area contributed by atoms with Gasteiger partial charge in [-0.2, -0.15) is 0 Å². The van der Waals surface area contributed by atoms with Crippen molar-refractivity contribution in [1.82, 2.24) is 9.55 Å². The van der Waals surface area contributed by atoms with Crippen LogP contribution in [0.5, 0.6) is 0 Å². The SMILES string of the molecule is O=c1oc2cc([N+](=O)[O-])ccc2n1Cc1csc(-c2ccoc2)n1. The number of hydrogen-bond donors (Lipinski definition) is 0. The van der Waals surface area contributed by atoms with Crippen molar-refractivity contribution in [2.45, 2.75) is 6.54 Å². The molecule has 9 heteroatoms. The second-order valence-corrected chi connectivity index (χ2v) is 5.88. The first-order chi connectivity index (χ1) is 11.6. The van der Waals surface area contributed by atoms with Gasteiger partial charge in [0.1, 0.15) is 11.3 Å². The molecule has 4 rings (SSSR count). The van der Waals surface area contributed by atoms with Gasteiger partial charge >= 0.3 is 5.76 Å². The molecule has 0 saturated heterocycles. The normalized spacial score (nSPS) is 11.2. The van der Waals surface area contributed by atoms with Gasteiger partial charge in [0.15, 0.2) is 5.58 Å². The number of aromatic nitrogens is 2. The number of nitrogens with zero attached hydrogens (tertiary/aromatic N) is 3. The Bertz CT molecular complexity index is 1090. The smallest absolute Gasteiger partial charge is 0.420 e. The number of rotatable bonds is 4. The Labute approximate surface area is 137 Å². The summed E-state index contributed by atoms with van der Waals surface area (Å²) in [6.45, 7) is 0.220. The summed E-state index contributed by atoms with van der Waals surface area (Å²) in [5.41, 5.74) is 2.10. The Morgan fingerprint density at radius 2 is 2.21 bits per heavy atom. The van der Waals surface area contributed by atoms with Gasteiger partial charge in [-0.05, 0) is 12.1 Å². The maximum atomic E-state index is 12.0. The van der Waals surface area contributed by atoms with Crippen molar-refractivity contribution in [1.29, 1.82) is 0 Å². The van der Waals surface area contributed by atoms with E-state index in [1.165, 1.54) is 34.1 Å². The Hall–Kier alpha value is -3.20. The zero-order chi connectivity index (χ0) is 16.7. The molecule has 3 aromatic heterocycles. The van der Waals surface area contributed by atoms with Crippen LogP contribution in [-0.4, -0.2) is 14.5 Å². The molecule has 0 atom stereocenters. The topological polar surface area (TPSA) is 104 Å². The van der Waals surface area contributed by atoms with Crippen LogP contribution in [0.15, 0.2) is 55.8 Å². The second kappa shape index (κ2) is 5.46. The van der Waals surface area contributed by atoms with Gasteiger partial charge in [-0.1, -0.05) is 0 Å². The third kappa shape index (κ3) is 2.40. The van der Waals surface area contributed by atoms with Crippen LogP contribution in [-0.2, 0) is 6.54 Å². The summed E-state index contributed by atoms with van der Waals surface area (Å²) in [7, 11) is 0.